The van der Waals surface area contributed by atoms with Crippen LogP contribution in [0.4, 0.5) is 34.1 Å². The van der Waals surface area contributed by atoms with Gasteiger partial charge in [0, 0.05) is 45.9 Å². The Morgan fingerprint density at radius 1 is 0.295 bits per heavy atom. The van der Waals surface area contributed by atoms with Crippen LogP contribution in [0.3, 0.4) is 0 Å². The van der Waals surface area contributed by atoms with Crippen LogP contribution < -0.4 is 9.80 Å². The van der Waals surface area contributed by atoms with Gasteiger partial charge in [-0.3, -0.25) is 4.98 Å². The summed E-state index contributed by atoms with van der Waals surface area (Å²) in [5.74, 6) is 0. The highest BCUT2D eigenvalue weighted by atomic mass is 15.2. The molecule has 3 nitrogen and oxygen atoms in total. The molecule has 0 unspecified atom stereocenters. The monoisotopic (exact) mass is 565 g/mol. The minimum Gasteiger partial charge on any atom is -0.310 e. The van der Waals surface area contributed by atoms with Crippen LogP contribution >= 0.6 is 0 Å². The third-order valence-corrected chi connectivity index (χ3v) is 7.63. The number of nitrogens with zero attached hydrogens (tertiary/aromatic N) is 3. The van der Waals surface area contributed by atoms with Gasteiger partial charge in [0.1, 0.15) is 0 Å². The van der Waals surface area contributed by atoms with E-state index < -0.39 is 0 Å². The van der Waals surface area contributed by atoms with Crippen LogP contribution in [-0.4, -0.2) is 4.98 Å². The normalized spacial score (nSPS) is 10.7. The molecular weight excluding hydrogens is 534 g/mol. The van der Waals surface area contributed by atoms with E-state index in [2.05, 4.69) is 185 Å². The minimum atomic E-state index is 0.955. The van der Waals surface area contributed by atoms with Crippen molar-refractivity contribution in [2.45, 2.75) is 0 Å². The Balaban J connectivity index is 1.48. The summed E-state index contributed by atoms with van der Waals surface area (Å²) in [7, 11) is 0. The van der Waals surface area contributed by atoms with Gasteiger partial charge < -0.3 is 9.80 Å². The van der Waals surface area contributed by atoms with E-state index in [1.807, 2.05) is 18.3 Å². The Kier molecular flexibility index (Phi) is 7.66. The highest BCUT2D eigenvalue weighted by Gasteiger charge is 2.19. The van der Waals surface area contributed by atoms with Crippen LogP contribution in [0, 0.1) is 0 Å². The summed E-state index contributed by atoms with van der Waals surface area (Å²) in [6, 6.07) is 63.8. The first-order valence-corrected chi connectivity index (χ1v) is 14.8. The fraction of sp³-hybridized carbons (Fsp3) is 0. The molecule has 0 N–H and O–H groups in total. The summed E-state index contributed by atoms with van der Waals surface area (Å²) in [5.41, 5.74) is 10.8. The molecule has 210 valence electrons. The smallest absolute Gasteiger partial charge is 0.0702 e. The van der Waals surface area contributed by atoms with Gasteiger partial charge in [0.2, 0.25) is 0 Å². The molecule has 0 aliphatic rings. The van der Waals surface area contributed by atoms with Crippen LogP contribution in [-0.2, 0) is 0 Å². The molecule has 7 aromatic rings. The van der Waals surface area contributed by atoms with Crippen molar-refractivity contribution < 1.29 is 0 Å². The van der Waals surface area contributed by atoms with Crippen molar-refractivity contribution in [1.82, 2.24) is 4.98 Å². The highest BCUT2D eigenvalue weighted by molar-refractivity contribution is 5.87. The zero-order chi connectivity index (χ0) is 29.6. The first kappa shape index (κ1) is 26.9. The zero-order valence-electron chi connectivity index (χ0n) is 24.2. The number of benzene rings is 6. The van der Waals surface area contributed by atoms with E-state index in [0.717, 1.165) is 56.5 Å². The number of aromatic nitrogens is 1. The van der Waals surface area contributed by atoms with E-state index in [9.17, 15) is 0 Å². The lowest BCUT2D eigenvalue weighted by Crippen LogP contribution is -2.13. The first-order valence-electron chi connectivity index (χ1n) is 14.8. The van der Waals surface area contributed by atoms with Crippen molar-refractivity contribution >= 4 is 34.1 Å². The quantitative estimate of drug-likeness (QED) is 0.183. The van der Waals surface area contributed by atoms with Crippen molar-refractivity contribution in [3.63, 3.8) is 0 Å². The van der Waals surface area contributed by atoms with Gasteiger partial charge in [-0.15, -0.1) is 0 Å². The second-order valence-electron chi connectivity index (χ2n) is 10.5. The highest BCUT2D eigenvalue weighted by Crippen LogP contribution is 2.43. The summed E-state index contributed by atoms with van der Waals surface area (Å²) in [6.07, 6.45) is 1.84. The molecule has 1 aromatic heterocycles. The van der Waals surface area contributed by atoms with Gasteiger partial charge in [0.25, 0.3) is 0 Å². The van der Waals surface area contributed by atoms with Crippen LogP contribution in [0.15, 0.2) is 188 Å². The fourth-order valence-corrected chi connectivity index (χ4v) is 5.61. The average molecular weight is 566 g/mol. The fourth-order valence-electron chi connectivity index (χ4n) is 5.61. The average Bonchev–Trinajstić information content (AvgIpc) is 3.11. The van der Waals surface area contributed by atoms with Gasteiger partial charge in [-0.05, 0) is 96.1 Å². The lowest BCUT2D eigenvalue weighted by Gasteiger charge is -2.30. The maximum Gasteiger partial charge on any atom is 0.0702 e. The third kappa shape index (κ3) is 5.72. The summed E-state index contributed by atoms with van der Waals surface area (Å²) in [4.78, 5) is 9.26. The van der Waals surface area contributed by atoms with Crippen molar-refractivity contribution in [3.05, 3.63) is 188 Å². The topological polar surface area (TPSA) is 19.4 Å². The molecule has 0 spiro atoms. The van der Waals surface area contributed by atoms with E-state index in [0.29, 0.717) is 0 Å². The molecule has 1 heterocycles. The van der Waals surface area contributed by atoms with Gasteiger partial charge in [0.15, 0.2) is 0 Å². The second kappa shape index (κ2) is 12.5. The van der Waals surface area contributed by atoms with Crippen LogP contribution in [0.1, 0.15) is 0 Å². The Morgan fingerprint density at radius 3 is 1.16 bits per heavy atom. The molecule has 0 fully saturated rings. The Morgan fingerprint density at radius 2 is 0.727 bits per heavy atom. The standard InChI is InChI=1S/C41H31N3/c1-5-18-35(19-6-1)43(36-20-7-2-8-21-36)39-29-34(32-16-15-17-33(28-32)41-26-13-14-27-42-41)30-40(31-39)44(37-22-9-3-10-23-37)38-24-11-4-12-25-38/h1-31H. The van der Waals surface area contributed by atoms with Crippen molar-refractivity contribution in [1.29, 1.82) is 0 Å². The van der Waals surface area contributed by atoms with E-state index in [-0.39, 0.29) is 0 Å². The lowest BCUT2D eigenvalue weighted by molar-refractivity contribution is 1.25. The summed E-state index contributed by atoms with van der Waals surface area (Å²) in [6.45, 7) is 0. The van der Waals surface area contributed by atoms with Crippen molar-refractivity contribution in [2.24, 2.45) is 0 Å². The van der Waals surface area contributed by atoms with Crippen molar-refractivity contribution in [2.75, 3.05) is 9.80 Å². The molecule has 0 aliphatic heterocycles. The second-order valence-corrected chi connectivity index (χ2v) is 10.5. The molecule has 0 aliphatic carbocycles. The SMILES string of the molecule is c1ccc(N(c2ccccc2)c2cc(-c3cccc(-c4ccccn4)c3)cc(N(c3ccccc3)c3ccccc3)c2)cc1. The van der Waals surface area contributed by atoms with Gasteiger partial charge in [0.05, 0.1) is 5.69 Å². The number of hydrogen-bond acceptors (Lipinski definition) is 3. The molecule has 0 saturated carbocycles. The molecule has 7 rings (SSSR count). The third-order valence-electron chi connectivity index (χ3n) is 7.63. The Labute approximate surface area is 259 Å². The molecule has 0 radical (unpaired) electrons. The number of hydrogen-bond donors (Lipinski definition) is 0. The lowest BCUT2D eigenvalue weighted by atomic mass is 9.99. The maximum absolute atomic E-state index is 4.62. The maximum atomic E-state index is 4.62. The molecule has 0 saturated heterocycles. The molecule has 0 bridgehead atoms. The number of pyridine rings is 1. The van der Waals surface area contributed by atoms with Crippen LogP contribution in [0.25, 0.3) is 22.4 Å². The summed E-state index contributed by atoms with van der Waals surface area (Å²) < 4.78 is 0. The minimum absolute atomic E-state index is 0.955. The van der Waals surface area contributed by atoms with E-state index in [4.69, 9.17) is 0 Å². The largest absolute Gasteiger partial charge is 0.310 e. The molecular formula is C41H31N3. The number of anilines is 6. The van der Waals surface area contributed by atoms with E-state index in [1.165, 1.54) is 0 Å². The first-order chi connectivity index (χ1) is 21.8. The zero-order valence-corrected chi connectivity index (χ0v) is 24.2. The van der Waals surface area contributed by atoms with Crippen LogP contribution in [0.2, 0.25) is 0 Å². The van der Waals surface area contributed by atoms with Gasteiger partial charge in [-0.25, -0.2) is 0 Å². The molecule has 0 amide bonds. The van der Waals surface area contributed by atoms with E-state index in [1.54, 1.807) is 0 Å². The van der Waals surface area contributed by atoms with Gasteiger partial charge >= 0.3 is 0 Å². The Hall–Kier alpha value is -5.93. The Bertz CT molecular complexity index is 1760. The molecule has 0 atom stereocenters. The number of rotatable bonds is 8. The summed E-state index contributed by atoms with van der Waals surface area (Å²) >= 11 is 0. The van der Waals surface area contributed by atoms with Crippen molar-refractivity contribution in [3.8, 4) is 22.4 Å². The molecule has 6 aromatic carbocycles. The molecule has 3 heteroatoms. The van der Waals surface area contributed by atoms with Crippen LogP contribution in [0.5, 0.6) is 0 Å². The number of para-hydroxylation sites is 4. The molecule has 44 heavy (non-hydrogen) atoms. The van der Waals surface area contributed by atoms with Gasteiger partial charge in [-0.1, -0.05) is 97.1 Å². The predicted molar refractivity (Wildman–Crippen MR) is 184 cm³/mol. The van der Waals surface area contributed by atoms with Gasteiger partial charge in [-0.2, -0.15) is 0 Å². The summed E-state index contributed by atoms with van der Waals surface area (Å²) in [5, 5.41) is 0. The predicted octanol–water partition coefficient (Wildman–Crippen LogP) is 11.4. The van der Waals surface area contributed by atoms with E-state index >= 15 is 0 Å².